The minimum Gasteiger partial charge on any atom is -0.383 e. The van der Waals surface area contributed by atoms with Crippen LogP contribution in [0.2, 0.25) is 5.02 Å². The van der Waals surface area contributed by atoms with E-state index in [1.54, 1.807) is 7.11 Å². The van der Waals surface area contributed by atoms with Crippen molar-refractivity contribution in [3.05, 3.63) is 34.9 Å². The summed E-state index contributed by atoms with van der Waals surface area (Å²) in [7, 11) is 1.75. The Balaban J connectivity index is 2.09. The summed E-state index contributed by atoms with van der Waals surface area (Å²) in [5.74, 6) is 0.856. The van der Waals surface area contributed by atoms with E-state index in [0.29, 0.717) is 0 Å². The summed E-state index contributed by atoms with van der Waals surface area (Å²) in [5, 5.41) is 4.39. The van der Waals surface area contributed by atoms with Crippen LogP contribution in [-0.2, 0) is 10.2 Å². The topological polar surface area (TPSA) is 21.3 Å². The standard InChI is InChI=1S/C17H26ClNO/c1-14-7-9-17(10-8-14,13-19-11-12-20-2)15-3-5-16(18)6-4-15/h3-6,14,19H,7-13H2,1-2H3. The van der Waals surface area contributed by atoms with Gasteiger partial charge in [0.1, 0.15) is 0 Å². The van der Waals surface area contributed by atoms with Crippen molar-refractivity contribution >= 4 is 11.6 Å². The molecule has 0 saturated heterocycles. The van der Waals surface area contributed by atoms with Gasteiger partial charge in [-0.2, -0.15) is 0 Å². The molecule has 1 aromatic rings. The fourth-order valence-electron chi connectivity index (χ4n) is 3.19. The molecule has 1 saturated carbocycles. The van der Waals surface area contributed by atoms with Gasteiger partial charge in [-0.1, -0.05) is 30.7 Å². The fourth-order valence-corrected chi connectivity index (χ4v) is 3.31. The first kappa shape index (κ1) is 15.8. The van der Waals surface area contributed by atoms with E-state index in [1.807, 2.05) is 12.1 Å². The number of methoxy groups -OCH3 is 1. The van der Waals surface area contributed by atoms with Crippen LogP contribution in [0.3, 0.4) is 0 Å². The van der Waals surface area contributed by atoms with Gasteiger partial charge in [-0.15, -0.1) is 0 Å². The van der Waals surface area contributed by atoms with Crippen molar-refractivity contribution in [2.45, 2.75) is 38.0 Å². The Hall–Kier alpha value is -0.570. The summed E-state index contributed by atoms with van der Waals surface area (Å²) in [6.07, 6.45) is 5.15. The number of hydrogen-bond acceptors (Lipinski definition) is 2. The first-order valence-corrected chi connectivity index (χ1v) is 8.00. The van der Waals surface area contributed by atoms with E-state index in [0.717, 1.165) is 30.6 Å². The lowest BCUT2D eigenvalue weighted by Gasteiger charge is -2.40. The van der Waals surface area contributed by atoms with Gasteiger partial charge in [0.25, 0.3) is 0 Å². The predicted octanol–water partition coefficient (Wildman–Crippen LogP) is 4.02. The minimum absolute atomic E-state index is 0.269. The molecule has 1 aromatic carbocycles. The van der Waals surface area contributed by atoms with E-state index in [-0.39, 0.29) is 5.41 Å². The molecule has 1 fully saturated rings. The molecule has 112 valence electrons. The van der Waals surface area contributed by atoms with E-state index in [2.05, 4.69) is 24.4 Å². The zero-order valence-electron chi connectivity index (χ0n) is 12.6. The van der Waals surface area contributed by atoms with E-state index in [9.17, 15) is 0 Å². The van der Waals surface area contributed by atoms with Crippen molar-refractivity contribution in [1.82, 2.24) is 5.32 Å². The van der Waals surface area contributed by atoms with Crippen LogP contribution >= 0.6 is 11.6 Å². The SMILES string of the molecule is COCCNCC1(c2ccc(Cl)cc2)CCC(C)CC1. The molecule has 20 heavy (non-hydrogen) atoms. The largest absolute Gasteiger partial charge is 0.383 e. The Bertz CT molecular complexity index is 396. The van der Waals surface area contributed by atoms with Gasteiger partial charge >= 0.3 is 0 Å². The zero-order valence-corrected chi connectivity index (χ0v) is 13.4. The highest BCUT2D eigenvalue weighted by molar-refractivity contribution is 6.30. The highest BCUT2D eigenvalue weighted by Gasteiger charge is 2.35. The average molecular weight is 296 g/mol. The van der Waals surface area contributed by atoms with E-state index in [1.165, 1.54) is 31.2 Å². The van der Waals surface area contributed by atoms with Crippen LogP contribution < -0.4 is 5.32 Å². The molecule has 0 radical (unpaired) electrons. The molecule has 1 aliphatic carbocycles. The van der Waals surface area contributed by atoms with Gasteiger partial charge in [-0.25, -0.2) is 0 Å². The number of halogens is 1. The van der Waals surface area contributed by atoms with Gasteiger partial charge < -0.3 is 10.1 Å². The number of rotatable bonds is 6. The van der Waals surface area contributed by atoms with Crippen molar-refractivity contribution in [1.29, 1.82) is 0 Å². The van der Waals surface area contributed by atoms with E-state index >= 15 is 0 Å². The van der Waals surface area contributed by atoms with Crippen molar-refractivity contribution in [2.75, 3.05) is 26.8 Å². The molecule has 3 heteroatoms. The third kappa shape index (κ3) is 3.97. The molecule has 0 aliphatic heterocycles. The molecular formula is C17H26ClNO. The summed E-state index contributed by atoms with van der Waals surface area (Å²) in [4.78, 5) is 0. The molecule has 0 aromatic heterocycles. The van der Waals surface area contributed by atoms with Crippen LogP contribution in [0.4, 0.5) is 0 Å². The minimum atomic E-state index is 0.269. The molecule has 1 N–H and O–H groups in total. The molecule has 2 nitrogen and oxygen atoms in total. The first-order valence-electron chi connectivity index (χ1n) is 7.62. The van der Waals surface area contributed by atoms with Crippen molar-refractivity contribution < 1.29 is 4.74 Å². The molecule has 0 atom stereocenters. The highest BCUT2D eigenvalue weighted by Crippen LogP contribution is 2.41. The van der Waals surface area contributed by atoms with Crippen LogP contribution in [0, 0.1) is 5.92 Å². The smallest absolute Gasteiger partial charge is 0.0587 e. The second-order valence-electron chi connectivity index (χ2n) is 6.14. The second kappa shape index (κ2) is 7.44. The average Bonchev–Trinajstić information content (AvgIpc) is 2.47. The Kier molecular flexibility index (Phi) is 5.88. The Labute approximate surface area is 127 Å². The third-order valence-electron chi connectivity index (χ3n) is 4.63. The van der Waals surface area contributed by atoms with Crippen LogP contribution in [-0.4, -0.2) is 26.8 Å². The van der Waals surface area contributed by atoms with E-state index < -0.39 is 0 Å². The van der Waals surface area contributed by atoms with Gasteiger partial charge in [0.2, 0.25) is 0 Å². The van der Waals surface area contributed by atoms with Crippen LogP contribution in [0.25, 0.3) is 0 Å². The monoisotopic (exact) mass is 295 g/mol. The first-order chi connectivity index (χ1) is 9.66. The van der Waals surface area contributed by atoms with Gasteiger partial charge in [-0.05, 0) is 49.3 Å². The lowest BCUT2D eigenvalue weighted by atomic mass is 9.67. The molecular weight excluding hydrogens is 270 g/mol. The highest BCUT2D eigenvalue weighted by atomic mass is 35.5. The quantitative estimate of drug-likeness (QED) is 0.800. The van der Waals surface area contributed by atoms with Crippen molar-refractivity contribution in [3.63, 3.8) is 0 Å². The molecule has 0 bridgehead atoms. The lowest BCUT2D eigenvalue weighted by Crippen LogP contribution is -2.42. The summed E-state index contributed by atoms with van der Waals surface area (Å²) in [6, 6.07) is 8.45. The zero-order chi connectivity index (χ0) is 14.4. The Morgan fingerprint density at radius 2 is 1.90 bits per heavy atom. The maximum Gasteiger partial charge on any atom is 0.0587 e. The molecule has 1 aliphatic rings. The second-order valence-corrected chi connectivity index (χ2v) is 6.58. The number of hydrogen-bond donors (Lipinski definition) is 1. The molecule has 0 heterocycles. The van der Waals surface area contributed by atoms with Crippen LogP contribution in [0.5, 0.6) is 0 Å². The third-order valence-corrected chi connectivity index (χ3v) is 4.89. The van der Waals surface area contributed by atoms with Crippen molar-refractivity contribution in [2.24, 2.45) is 5.92 Å². The molecule has 0 unspecified atom stereocenters. The number of ether oxygens (including phenoxy) is 1. The summed E-state index contributed by atoms with van der Waals surface area (Å²) < 4.78 is 5.12. The Morgan fingerprint density at radius 3 is 2.50 bits per heavy atom. The van der Waals surface area contributed by atoms with E-state index in [4.69, 9.17) is 16.3 Å². The maximum absolute atomic E-state index is 6.03. The predicted molar refractivity (Wildman–Crippen MR) is 85.5 cm³/mol. The normalized spacial score (nSPS) is 26.6. The number of nitrogens with one attached hydrogen (secondary N) is 1. The van der Waals surface area contributed by atoms with Gasteiger partial charge in [0, 0.05) is 30.6 Å². The Morgan fingerprint density at radius 1 is 1.25 bits per heavy atom. The van der Waals surface area contributed by atoms with Gasteiger partial charge in [0.05, 0.1) is 6.61 Å². The maximum atomic E-state index is 6.03. The van der Waals surface area contributed by atoms with Crippen LogP contribution in [0.1, 0.15) is 38.2 Å². The molecule has 2 rings (SSSR count). The van der Waals surface area contributed by atoms with Crippen molar-refractivity contribution in [3.8, 4) is 0 Å². The van der Waals surface area contributed by atoms with Gasteiger partial charge in [0.15, 0.2) is 0 Å². The summed E-state index contributed by atoms with van der Waals surface area (Å²) in [6.45, 7) is 5.09. The summed E-state index contributed by atoms with van der Waals surface area (Å²) >= 11 is 6.03. The molecule has 0 amide bonds. The summed E-state index contributed by atoms with van der Waals surface area (Å²) in [5.41, 5.74) is 1.70. The fraction of sp³-hybridized carbons (Fsp3) is 0.647. The van der Waals surface area contributed by atoms with Crippen LogP contribution in [0.15, 0.2) is 24.3 Å². The molecule has 0 spiro atoms. The lowest BCUT2D eigenvalue weighted by molar-refractivity contribution is 0.187. The number of benzene rings is 1. The van der Waals surface area contributed by atoms with Gasteiger partial charge in [-0.3, -0.25) is 0 Å².